The average molecular weight is 466 g/mol. The van der Waals surface area contributed by atoms with Gasteiger partial charge in [-0.3, -0.25) is 14.4 Å². The molecule has 9 heteroatoms. The molecule has 1 aliphatic heterocycles. The molecule has 0 saturated carbocycles. The Kier molecular flexibility index (Phi) is 5.00. The fraction of sp³-hybridized carbons (Fsp3) is 0.160. The summed E-state index contributed by atoms with van der Waals surface area (Å²) in [4.78, 5) is 21.7. The van der Waals surface area contributed by atoms with Crippen LogP contribution >= 0.6 is 0 Å². The summed E-state index contributed by atoms with van der Waals surface area (Å²) in [7, 11) is 0. The van der Waals surface area contributed by atoms with Gasteiger partial charge in [-0.1, -0.05) is 13.0 Å². The first-order valence-corrected chi connectivity index (χ1v) is 10.5. The molecule has 5 rings (SSSR count). The van der Waals surface area contributed by atoms with E-state index in [1.807, 2.05) is 19.1 Å². The van der Waals surface area contributed by atoms with E-state index < -0.39 is 34.7 Å². The second-order valence-corrected chi connectivity index (χ2v) is 8.22. The number of aromatic nitrogens is 2. The van der Waals surface area contributed by atoms with Gasteiger partial charge in [0.2, 0.25) is 0 Å². The van der Waals surface area contributed by atoms with Gasteiger partial charge >= 0.3 is 6.18 Å². The van der Waals surface area contributed by atoms with Crippen LogP contribution in [0.25, 0.3) is 11.3 Å². The fourth-order valence-corrected chi connectivity index (χ4v) is 4.62. The van der Waals surface area contributed by atoms with Crippen LogP contribution in [0.5, 0.6) is 0 Å². The quantitative estimate of drug-likeness (QED) is 0.534. The van der Waals surface area contributed by atoms with Crippen molar-refractivity contribution in [2.75, 3.05) is 5.73 Å². The second kappa shape index (κ2) is 7.79. The maximum absolute atomic E-state index is 13.9. The molecule has 1 aromatic carbocycles. The van der Waals surface area contributed by atoms with Crippen molar-refractivity contribution in [1.29, 1.82) is 0 Å². The first kappa shape index (κ1) is 21.8. The lowest BCUT2D eigenvalue weighted by Crippen LogP contribution is -2.31. The van der Waals surface area contributed by atoms with Crippen LogP contribution in [0, 0.1) is 11.7 Å². The van der Waals surface area contributed by atoms with E-state index in [0.717, 1.165) is 27.8 Å². The smallest absolute Gasteiger partial charge is 0.384 e. The van der Waals surface area contributed by atoms with E-state index in [-0.39, 0.29) is 5.92 Å². The number of halogens is 4. The van der Waals surface area contributed by atoms with Crippen molar-refractivity contribution in [2.24, 2.45) is 10.9 Å². The van der Waals surface area contributed by atoms with Gasteiger partial charge in [-0.25, -0.2) is 9.37 Å². The van der Waals surface area contributed by atoms with Gasteiger partial charge in [-0.2, -0.15) is 13.2 Å². The minimum absolute atomic E-state index is 0.260. The van der Waals surface area contributed by atoms with Gasteiger partial charge in [0.25, 0.3) is 5.56 Å². The monoisotopic (exact) mass is 466 g/mol. The van der Waals surface area contributed by atoms with Crippen LogP contribution in [-0.4, -0.2) is 15.8 Å². The molecule has 5 nitrogen and oxygen atoms in total. The zero-order chi connectivity index (χ0) is 24.2. The molecule has 2 N–H and O–H groups in total. The molecule has 0 radical (unpaired) electrons. The fourth-order valence-electron chi connectivity index (χ4n) is 4.62. The van der Waals surface area contributed by atoms with E-state index in [2.05, 4.69) is 9.98 Å². The normalized spacial score (nSPS) is 19.2. The van der Waals surface area contributed by atoms with Crippen molar-refractivity contribution in [3.63, 3.8) is 0 Å². The van der Waals surface area contributed by atoms with Crippen LogP contribution in [0.3, 0.4) is 0 Å². The molecule has 34 heavy (non-hydrogen) atoms. The van der Waals surface area contributed by atoms with Gasteiger partial charge in [0, 0.05) is 41.4 Å². The molecular formula is C25H18F4N4O. The van der Waals surface area contributed by atoms with Crippen LogP contribution in [0.4, 0.5) is 23.4 Å². The standard InChI is InChI=1S/C25H18F4N4O/c1-13-17(14-2-8-21(30)32-11-14)5-6-19-23(13)24-15(12-31-19)3-9-22(34)33(24)20-7-4-16(26)10-18(20)25(27,28)29/h2-13,23H,1H3,(H2,30,32). The van der Waals surface area contributed by atoms with Crippen LogP contribution in [0.2, 0.25) is 0 Å². The topological polar surface area (TPSA) is 73.3 Å². The molecule has 2 unspecified atom stereocenters. The van der Waals surface area contributed by atoms with Crippen molar-refractivity contribution in [1.82, 2.24) is 9.55 Å². The lowest BCUT2D eigenvalue weighted by molar-refractivity contribution is -0.137. The summed E-state index contributed by atoms with van der Waals surface area (Å²) in [6, 6.07) is 8.53. The Labute approximate surface area is 191 Å². The number of alkyl halides is 3. The lowest BCUT2D eigenvalue weighted by Gasteiger charge is -2.35. The molecular weight excluding hydrogens is 448 g/mol. The summed E-state index contributed by atoms with van der Waals surface area (Å²) in [5.74, 6) is -1.45. The Bertz CT molecular complexity index is 1450. The van der Waals surface area contributed by atoms with Crippen LogP contribution < -0.4 is 11.3 Å². The number of nitrogens with two attached hydrogens (primary N) is 1. The number of rotatable bonds is 2. The molecule has 2 aromatic heterocycles. The number of benzene rings is 1. The summed E-state index contributed by atoms with van der Waals surface area (Å²) in [5, 5.41) is 0. The first-order valence-electron chi connectivity index (χ1n) is 10.5. The SMILES string of the molecule is CC1C(c2ccc(N)nc2)=CC=C2N=Cc3ccc(=O)n(-c4ccc(F)cc4C(F)(F)F)c3C21. The highest BCUT2D eigenvalue weighted by atomic mass is 19.4. The highest BCUT2D eigenvalue weighted by Gasteiger charge is 2.39. The average Bonchev–Trinajstić information content (AvgIpc) is 2.79. The minimum atomic E-state index is -4.86. The first-order chi connectivity index (χ1) is 16.1. The molecule has 0 saturated heterocycles. The summed E-state index contributed by atoms with van der Waals surface area (Å²) in [6.07, 6.45) is 1.97. The number of pyridine rings is 2. The van der Waals surface area contributed by atoms with Crippen molar-refractivity contribution < 1.29 is 17.6 Å². The molecule has 0 amide bonds. The predicted octanol–water partition coefficient (Wildman–Crippen LogP) is 5.11. The van der Waals surface area contributed by atoms with Gasteiger partial charge < -0.3 is 5.73 Å². The van der Waals surface area contributed by atoms with Crippen molar-refractivity contribution in [3.05, 3.63) is 105 Å². The van der Waals surface area contributed by atoms with E-state index in [1.165, 1.54) is 12.3 Å². The zero-order valence-corrected chi connectivity index (χ0v) is 17.8. The zero-order valence-electron chi connectivity index (χ0n) is 17.8. The summed E-state index contributed by atoms with van der Waals surface area (Å²) < 4.78 is 56.4. The molecule has 0 spiro atoms. The third kappa shape index (κ3) is 3.53. The van der Waals surface area contributed by atoms with Gasteiger partial charge in [0.1, 0.15) is 11.6 Å². The van der Waals surface area contributed by atoms with E-state index in [9.17, 15) is 22.4 Å². The Morgan fingerprint density at radius 3 is 2.56 bits per heavy atom. The minimum Gasteiger partial charge on any atom is -0.384 e. The van der Waals surface area contributed by atoms with E-state index in [0.29, 0.717) is 28.8 Å². The number of anilines is 1. The number of nitrogens with zero attached hydrogens (tertiary/aromatic N) is 3. The molecule has 0 fully saturated rings. The van der Waals surface area contributed by atoms with Gasteiger partial charge in [-0.15, -0.1) is 0 Å². The second-order valence-electron chi connectivity index (χ2n) is 8.22. The Morgan fingerprint density at radius 2 is 1.85 bits per heavy atom. The molecule has 1 aliphatic carbocycles. The third-order valence-corrected chi connectivity index (χ3v) is 6.18. The largest absolute Gasteiger partial charge is 0.418 e. The maximum atomic E-state index is 13.9. The number of hydrogen-bond acceptors (Lipinski definition) is 4. The maximum Gasteiger partial charge on any atom is 0.418 e. The molecule has 0 bridgehead atoms. The van der Waals surface area contributed by atoms with Gasteiger partial charge in [-0.05, 0) is 59.5 Å². The van der Waals surface area contributed by atoms with Crippen LogP contribution in [0.1, 0.15) is 35.2 Å². The predicted molar refractivity (Wildman–Crippen MR) is 121 cm³/mol. The molecule has 2 aliphatic rings. The summed E-state index contributed by atoms with van der Waals surface area (Å²) >= 11 is 0. The van der Waals surface area contributed by atoms with E-state index >= 15 is 0 Å². The number of fused-ring (bicyclic) bond motifs is 3. The summed E-state index contributed by atoms with van der Waals surface area (Å²) in [6.45, 7) is 1.92. The Balaban J connectivity index is 1.74. The molecule has 172 valence electrons. The summed E-state index contributed by atoms with van der Waals surface area (Å²) in [5.41, 5.74) is 6.58. The van der Waals surface area contributed by atoms with Crippen molar-refractivity contribution in [3.8, 4) is 5.69 Å². The number of nitrogen functional groups attached to an aromatic ring is 1. The Hall–Kier alpha value is -4.01. The third-order valence-electron chi connectivity index (χ3n) is 6.18. The van der Waals surface area contributed by atoms with E-state index in [4.69, 9.17) is 5.73 Å². The number of allylic oxidation sites excluding steroid dienone is 4. The molecule has 3 heterocycles. The van der Waals surface area contributed by atoms with Crippen molar-refractivity contribution in [2.45, 2.75) is 19.0 Å². The van der Waals surface area contributed by atoms with Crippen LogP contribution in [0.15, 0.2) is 76.3 Å². The molecule has 2 atom stereocenters. The number of aliphatic imine (C=N–C) groups is 1. The van der Waals surface area contributed by atoms with Gasteiger partial charge in [0.15, 0.2) is 0 Å². The lowest BCUT2D eigenvalue weighted by atomic mass is 9.75. The van der Waals surface area contributed by atoms with Gasteiger partial charge in [0.05, 0.1) is 11.3 Å². The van der Waals surface area contributed by atoms with E-state index in [1.54, 1.807) is 24.4 Å². The van der Waals surface area contributed by atoms with Crippen molar-refractivity contribution >= 4 is 17.6 Å². The van der Waals surface area contributed by atoms with Crippen LogP contribution in [-0.2, 0) is 6.18 Å². The number of hydrogen-bond donors (Lipinski definition) is 1. The highest BCUT2D eigenvalue weighted by Crippen LogP contribution is 2.46. The highest BCUT2D eigenvalue weighted by molar-refractivity contribution is 5.86. The Morgan fingerprint density at radius 1 is 1.06 bits per heavy atom. The molecule has 3 aromatic rings.